The molecule has 0 radical (unpaired) electrons. The molecular weight excluding hydrogens is 236 g/mol. The summed E-state index contributed by atoms with van der Waals surface area (Å²) in [5, 5.41) is 3.41. The lowest BCUT2D eigenvalue weighted by atomic mass is 9.95. The first kappa shape index (κ1) is 12.2. The topological polar surface area (TPSA) is 42.7 Å². The molecule has 1 aliphatic carbocycles. The maximum absolute atomic E-state index is 4.45. The summed E-state index contributed by atoms with van der Waals surface area (Å²) in [4.78, 5) is 8.62. The van der Waals surface area contributed by atoms with Gasteiger partial charge in [0.1, 0.15) is 0 Å². The van der Waals surface area contributed by atoms with Crippen molar-refractivity contribution in [2.45, 2.75) is 45.1 Å². The van der Waals surface area contributed by atoms with Crippen LogP contribution in [0.25, 0.3) is 0 Å². The molecule has 1 aliphatic rings. The SMILES string of the molecule is Cc1ccncc1Nc1nccn1C1CCCCC1. The first-order chi connectivity index (χ1) is 9.34. The number of nitrogens with one attached hydrogen (secondary N) is 1. The van der Waals surface area contributed by atoms with Crippen molar-refractivity contribution in [1.29, 1.82) is 0 Å². The largest absolute Gasteiger partial charge is 0.324 e. The number of aromatic nitrogens is 3. The summed E-state index contributed by atoms with van der Waals surface area (Å²) in [6, 6.07) is 2.60. The van der Waals surface area contributed by atoms with Gasteiger partial charge in [-0.1, -0.05) is 19.3 Å². The molecule has 2 heterocycles. The van der Waals surface area contributed by atoms with Gasteiger partial charge in [0.05, 0.1) is 11.9 Å². The Labute approximate surface area is 113 Å². The van der Waals surface area contributed by atoms with Gasteiger partial charge in [0.25, 0.3) is 0 Å². The minimum atomic E-state index is 0.593. The van der Waals surface area contributed by atoms with E-state index in [-0.39, 0.29) is 0 Å². The second kappa shape index (κ2) is 5.43. The van der Waals surface area contributed by atoms with Crippen molar-refractivity contribution in [1.82, 2.24) is 14.5 Å². The second-order valence-corrected chi connectivity index (χ2v) is 5.27. The number of nitrogens with zero attached hydrogens (tertiary/aromatic N) is 3. The minimum absolute atomic E-state index is 0.593. The molecule has 1 saturated carbocycles. The summed E-state index contributed by atoms with van der Waals surface area (Å²) >= 11 is 0. The average Bonchev–Trinajstić information content (AvgIpc) is 2.91. The summed E-state index contributed by atoms with van der Waals surface area (Å²) < 4.78 is 2.28. The molecule has 4 nitrogen and oxygen atoms in total. The fourth-order valence-electron chi connectivity index (χ4n) is 2.78. The average molecular weight is 256 g/mol. The molecule has 2 aromatic heterocycles. The Bertz CT molecular complexity index is 541. The van der Waals surface area contributed by atoms with Crippen LogP contribution in [0.3, 0.4) is 0 Å². The van der Waals surface area contributed by atoms with Crippen molar-refractivity contribution in [3.63, 3.8) is 0 Å². The van der Waals surface area contributed by atoms with Crippen LogP contribution in [0.1, 0.15) is 43.7 Å². The van der Waals surface area contributed by atoms with E-state index in [0.29, 0.717) is 6.04 Å². The third-order valence-corrected chi connectivity index (χ3v) is 3.92. The highest BCUT2D eigenvalue weighted by atomic mass is 15.2. The third kappa shape index (κ3) is 2.62. The molecule has 100 valence electrons. The van der Waals surface area contributed by atoms with Crippen molar-refractivity contribution >= 4 is 11.6 Å². The fourth-order valence-corrected chi connectivity index (χ4v) is 2.78. The van der Waals surface area contributed by atoms with E-state index in [9.17, 15) is 0 Å². The number of hydrogen-bond acceptors (Lipinski definition) is 3. The molecule has 0 bridgehead atoms. The van der Waals surface area contributed by atoms with E-state index < -0.39 is 0 Å². The molecule has 0 spiro atoms. The zero-order valence-electron chi connectivity index (χ0n) is 11.3. The van der Waals surface area contributed by atoms with Crippen LogP contribution in [0, 0.1) is 6.92 Å². The Morgan fingerprint density at radius 2 is 2.05 bits per heavy atom. The lowest BCUT2D eigenvalue weighted by molar-refractivity contribution is 0.356. The van der Waals surface area contributed by atoms with Gasteiger partial charge >= 0.3 is 0 Å². The van der Waals surface area contributed by atoms with Crippen LogP contribution in [0.2, 0.25) is 0 Å². The van der Waals surface area contributed by atoms with Crippen LogP contribution in [0.5, 0.6) is 0 Å². The maximum Gasteiger partial charge on any atom is 0.207 e. The quantitative estimate of drug-likeness (QED) is 0.907. The van der Waals surface area contributed by atoms with Crippen LogP contribution < -0.4 is 5.32 Å². The molecule has 3 rings (SSSR count). The van der Waals surface area contributed by atoms with Gasteiger partial charge in [-0.25, -0.2) is 4.98 Å². The third-order valence-electron chi connectivity index (χ3n) is 3.92. The molecule has 0 aromatic carbocycles. The van der Waals surface area contributed by atoms with Crippen molar-refractivity contribution in [2.75, 3.05) is 5.32 Å². The van der Waals surface area contributed by atoms with Crippen LogP contribution in [0.15, 0.2) is 30.9 Å². The molecular formula is C15H20N4. The molecule has 0 atom stereocenters. The predicted molar refractivity (Wildman–Crippen MR) is 76.6 cm³/mol. The Morgan fingerprint density at radius 3 is 2.84 bits per heavy atom. The molecule has 4 heteroatoms. The molecule has 1 N–H and O–H groups in total. The van der Waals surface area contributed by atoms with Gasteiger partial charge in [0, 0.05) is 24.6 Å². The number of aryl methyl sites for hydroxylation is 1. The molecule has 0 aliphatic heterocycles. The van der Waals surface area contributed by atoms with Crippen molar-refractivity contribution in [3.05, 3.63) is 36.4 Å². The Kier molecular flexibility index (Phi) is 3.49. The standard InChI is InChI=1S/C15H20N4/c1-12-7-8-16-11-14(12)18-15-17-9-10-19(15)13-5-3-2-4-6-13/h7-11,13H,2-6H2,1H3,(H,17,18). The summed E-state index contributed by atoms with van der Waals surface area (Å²) in [6.45, 7) is 2.08. The normalized spacial score (nSPS) is 16.5. The Balaban J connectivity index is 1.82. The highest BCUT2D eigenvalue weighted by Crippen LogP contribution is 2.31. The number of rotatable bonds is 3. The zero-order chi connectivity index (χ0) is 13.1. The van der Waals surface area contributed by atoms with Gasteiger partial charge in [-0.3, -0.25) is 4.98 Å². The van der Waals surface area contributed by atoms with Crippen molar-refractivity contribution in [3.8, 4) is 0 Å². The van der Waals surface area contributed by atoms with Gasteiger partial charge in [0.2, 0.25) is 5.95 Å². The molecule has 19 heavy (non-hydrogen) atoms. The van der Waals surface area contributed by atoms with Crippen molar-refractivity contribution in [2.24, 2.45) is 0 Å². The van der Waals surface area contributed by atoms with E-state index in [1.807, 2.05) is 24.7 Å². The van der Waals surface area contributed by atoms with Gasteiger partial charge in [-0.2, -0.15) is 0 Å². The smallest absolute Gasteiger partial charge is 0.207 e. The van der Waals surface area contributed by atoms with E-state index in [0.717, 1.165) is 11.6 Å². The van der Waals surface area contributed by atoms with Crippen LogP contribution in [-0.4, -0.2) is 14.5 Å². The van der Waals surface area contributed by atoms with Gasteiger partial charge in [-0.15, -0.1) is 0 Å². The molecule has 2 aromatic rings. The summed E-state index contributed by atoms with van der Waals surface area (Å²) in [5.74, 6) is 0.933. The fraction of sp³-hybridized carbons (Fsp3) is 0.467. The Hall–Kier alpha value is -1.84. The number of pyridine rings is 1. The number of hydrogen-bond donors (Lipinski definition) is 1. The second-order valence-electron chi connectivity index (χ2n) is 5.27. The Morgan fingerprint density at radius 1 is 1.21 bits per heavy atom. The highest BCUT2D eigenvalue weighted by Gasteiger charge is 2.17. The van der Waals surface area contributed by atoms with E-state index in [4.69, 9.17) is 0 Å². The lowest BCUT2D eigenvalue weighted by Gasteiger charge is -2.24. The molecule has 0 amide bonds. The molecule has 1 fully saturated rings. The van der Waals surface area contributed by atoms with Crippen LogP contribution >= 0.6 is 0 Å². The van der Waals surface area contributed by atoms with E-state index in [1.165, 1.54) is 37.7 Å². The van der Waals surface area contributed by atoms with E-state index >= 15 is 0 Å². The monoisotopic (exact) mass is 256 g/mol. The molecule has 0 saturated heterocycles. The lowest BCUT2D eigenvalue weighted by Crippen LogP contribution is -2.14. The molecule has 0 unspecified atom stereocenters. The number of imidazole rings is 1. The van der Waals surface area contributed by atoms with Crippen molar-refractivity contribution < 1.29 is 0 Å². The number of anilines is 2. The van der Waals surface area contributed by atoms with E-state index in [2.05, 4.69) is 33.0 Å². The summed E-state index contributed by atoms with van der Waals surface area (Å²) in [6.07, 6.45) is 14.2. The van der Waals surface area contributed by atoms with Gasteiger partial charge in [-0.05, 0) is 31.4 Å². The van der Waals surface area contributed by atoms with Crippen LogP contribution in [-0.2, 0) is 0 Å². The first-order valence-corrected chi connectivity index (χ1v) is 7.05. The highest BCUT2D eigenvalue weighted by molar-refractivity contribution is 5.56. The van der Waals surface area contributed by atoms with Gasteiger partial charge < -0.3 is 9.88 Å². The first-order valence-electron chi connectivity index (χ1n) is 7.05. The summed E-state index contributed by atoms with van der Waals surface area (Å²) in [7, 11) is 0. The van der Waals surface area contributed by atoms with E-state index in [1.54, 1.807) is 0 Å². The minimum Gasteiger partial charge on any atom is -0.324 e. The zero-order valence-corrected chi connectivity index (χ0v) is 11.3. The van der Waals surface area contributed by atoms with Crippen LogP contribution in [0.4, 0.5) is 11.6 Å². The van der Waals surface area contributed by atoms with Gasteiger partial charge in [0.15, 0.2) is 0 Å². The predicted octanol–water partition coefficient (Wildman–Crippen LogP) is 3.84. The maximum atomic E-state index is 4.45. The summed E-state index contributed by atoms with van der Waals surface area (Å²) in [5.41, 5.74) is 2.22.